The van der Waals surface area contributed by atoms with Crippen LogP contribution in [0.4, 0.5) is 5.69 Å². The van der Waals surface area contributed by atoms with Crippen LogP contribution in [-0.4, -0.2) is 35.2 Å². The molecule has 2 heterocycles. The molecule has 4 rings (SSSR count). The van der Waals surface area contributed by atoms with Crippen LogP contribution in [0.15, 0.2) is 36.7 Å². The third-order valence-electron chi connectivity index (χ3n) is 5.27. The predicted octanol–water partition coefficient (Wildman–Crippen LogP) is 1.91. The molecule has 1 atom stereocenters. The van der Waals surface area contributed by atoms with Crippen LogP contribution in [0.25, 0.3) is 0 Å². The second kappa shape index (κ2) is 6.48. The van der Waals surface area contributed by atoms with E-state index in [-0.39, 0.29) is 23.7 Å². The number of benzene rings is 1. The van der Waals surface area contributed by atoms with Crippen LogP contribution >= 0.6 is 0 Å². The van der Waals surface area contributed by atoms with Crippen molar-refractivity contribution < 1.29 is 14.3 Å². The van der Waals surface area contributed by atoms with E-state index in [9.17, 15) is 9.59 Å². The van der Waals surface area contributed by atoms with Crippen molar-refractivity contribution in [2.75, 3.05) is 19.0 Å². The number of hydrogen-bond donors (Lipinski definition) is 2. The van der Waals surface area contributed by atoms with Gasteiger partial charge >= 0.3 is 0 Å². The van der Waals surface area contributed by atoms with E-state index in [2.05, 4.69) is 15.7 Å². The van der Waals surface area contributed by atoms with E-state index in [1.54, 1.807) is 25.4 Å². The Balaban J connectivity index is 1.46. The van der Waals surface area contributed by atoms with E-state index < -0.39 is 5.92 Å². The van der Waals surface area contributed by atoms with E-state index in [4.69, 9.17) is 4.74 Å². The molecular formula is C19H22N4O3. The topological polar surface area (TPSA) is 85.2 Å². The van der Waals surface area contributed by atoms with Crippen LogP contribution in [0, 0.1) is 5.41 Å². The molecule has 0 saturated heterocycles. The highest BCUT2D eigenvalue weighted by molar-refractivity contribution is 6.01. The molecule has 2 N–H and O–H groups in total. The average molecular weight is 354 g/mol. The molecule has 7 nitrogen and oxygen atoms in total. The Bertz CT molecular complexity index is 827. The van der Waals surface area contributed by atoms with Crippen molar-refractivity contribution in [3.63, 3.8) is 0 Å². The molecule has 26 heavy (non-hydrogen) atoms. The third-order valence-corrected chi connectivity index (χ3v) is 5.27. The van der Waals surface area contributed by atoms with E-state index in [1.807, 2.05) is 23.0 Å². The van der Waals surface area contributed by atoms with Crippen LogP contribution in [0.5, 0.6) is 5.75 Å². The summed E-state index contributed by atoms with van der Waals surface area (Å²) in [5, 5.41) is 10.1. The van der Waals surface area contributed by atoms with Gasteiger partial charge in [-0.15, -0.1) is 0 Å². The number of nitrogens with one attached hydrogen (secondary N) is 2. The summed E-state index contributed by atoms with van der Waals surface area (Å²) in [6.45, 7) is 1.40. The summed E-state index contributed by atoms with van der Waals surface area (Å²) in [7, 11) is 1.59. The van der Waals surface area contributed by atoms with Gasteiger partial charge in [-0.1, -0.05) is 0 Å². The van der Waals surface area contributed by atoms with Gasteiger partial charge in [0.05, 0.1) is 13.0 Å². The fourth-order valence-corrected chi connectivity index (χ4v) is 3.50. The first-order valence-electron chi connectivity index (χ1n) is 8.81. The lowest BCUT2D eigenvalue weighted by Gasteiger charge is -2.26. The van der Waals surface area contributed by atoms with E-state index in [0.717, 1.165) is 24.9 Å². The van der Waals surface area contributed by atoms with Gasteiger partial charge in [-0.05, 0) is 42.7 Å². The highest BCUT2D eigenvalue weighted by Gasteiger charge is 2.44. The molecule has 0 unspecified atom stereocenters. The summed E-state index contributed by atoms with van der Waals surface area (Å²) in [5.41, 5.74) is 1.56. The molecule has 0 spiro atoms. The van der Waals surface area contributed by atoms with Crippen molar-refractivity contribution in [2.45, 2.75) is 31.7 Å². The molecule has 1 fully saturated rings. The molecule has 1 aliphatic heterocycles. The lowest BCUT2D eigenvalue weighted by Crippen LogP contribution is -2.38. The van der Waals surface area contributed by atoms with Gasteiger partial charge in [0.2, 0.25) is 11.8 Å². The molecule has 0 bridgehead atoms. The Kier molecular flexibility index (Phi) is 4.14. The predicted molar refractivity (Wildman–Crippen MR) is 95.9 cm³/mol. The maximum absolute atomic E-state index is 12.8. The van der Waals surface area contributed by atoms with Gasteiger partial charge in [0.15, 0.2) is 0 Å². The van der Waals surface area contributed by atoms with E-state index in [1.165, 1.54) is 0 Å². The minimum atomic E-state index is -0.491. The smallest absolute Gasteiger partial charge is 0.228 e. The van der Waals surface area contributed by atoms with E-state index >= 15 is 0 Å². The molecule has 136 valence electrons. The first-order valence-corrected chi connectivity index (χ1v) is 8.81. The molecule has 2 aromatic rings. The molecular weight excluding hydrogens is 332 g/mol. The standard InChI is InChI=1S/C19H22N4O3/c1-26-13-3-4-16-14(9-13)15(10-17(24)22-16)18(25)20-11-19(5-6-19)12-23-8-2-7-21-23/h2-4,7-9,15H,5-6,10-12H2,1H3,(H,20,25)(H,22,24)/t15-/m0/s1. The van der Waals surface area contributed by atoms with Gasteiger partial charge in [0.25, 0.3) is 0 Å². The largest absolute Gasteiger partial charge is 0.497 e. The minimum absolute atomic E-state index is 0.0792. The van der Waals surface area contributed by atoms with Gasteiger partial charge in [-0.3, -0.25) is 14.3 Å². The monoisotopic (exact) mass is 354 g/mol. The van der Waals surface area contributed by atoms with Gasteiger partial charge in [-0.2, -0.15) is 5.10 Å². The summed E-state index contributed by atoms with van der Waals surface area (Å²) in [5.74, 6) is -0.0639. The van der Waals surface area contributed by atoms with Crippen molar-refractivity contribution in [3.05, 3.63) is 42.2 Å². The fraction of sp³-hybridized carbons (Fsp3) is 0.421. The summed E-state index contributed by atoms with van der Waals surface area (Å²) in [6.07, 6.45) is 6.00. The summed E-state index contributed by atoms with van der Waals surface area (Å²) in [4.78, 5) is 24.8. The number of carbonyl (C=O) groups excluding carboxylic acids is 2. The number of hydrogen-bond acceptors (Lipinski definition) is 4. The second-order valence-corrected chi connectivity index (χ2v) is 7.18. The molecule has 2 aliphatic rings. The van der Waals surface area contributed by atoms with Gasteiger partial charge in [0, 0.05) is 43.0 Å². The number of ether oxygens (including phenoxy) is 1. The Morgan fingerprint density at radius 3 is 3.00 bits per heavy atom. The van der Waals surface area contributed by atoms with Crippen LogP contribution in [-0.2, 0) is 16.1 Å². The van der Waals surface area contributed by atoms with Gasteiger partial charge < -0.3 is 15.4 Å². The maximum atomic E-state index is 12.8. The number of nitrogens with zero attached hydrogens (tertiary/aromatic N) is 2. The third kappa shape index (κ3) is 3.29. The number of aromatic nitrogens is 2. The van der Waals surface area contributed by atoms with Crippen molar-refractivity contribution in [2.24, 2.45) is 5.41 Å². The van der Waals surface area contributed by atoms with Crippen LogP contribution in [0.3, 0.4) is 0 Å². The highest BCUT2D eigenvalue weighted by atomic mass is 16.5. The van der Waals surface area contributed by atoms with Crippen LogP contribution < -0.4 is 15.4 Å². The second-order valence-electron chi connectivity index (χ2n) is 7.18. The van der Waals surface area contributed by atoms with Crippen LogP contribution in [0.2, 0.25) is 0 Å². The van der Waals surface area contributed by atoms with E-state index in [0.29, 0.717) is 18.0 Å². The number of rotatable bonds is 6. The zero-order valence-corrected chi connectivity index (χ0v) is 14.7. The highest BCUT2D eigenvalue weighted by Crippen LogP contribution is 2.46. The number of fused-ring (bicyclic) bond motifs is 1. The molecule has 1 saturated carbocycles. The molecule has 7 heteroatoms. The van der Waals surface area contributed by atoms with Crippen LogP contribution in [0.1, 0.15) is 30.7 Å². The van der Waals surface area contributed by atoms with Gasteiger partial charge in [-0.25, -0.2) is 0 Å². The number of amides is 2. The molecule has 1 aromatic heterocycles. The number of methoxy groups -OCH3 is 1. The lowest BCUT2D eigenvalue weighted by molar-refractivity contribution is -0.126. The summed E-state index contributed by atoms with van der Waals surface area (Å²) >= 11 is 0. The fourth-order valence-electron chi connectivity index (χ4n) is 3.50. The van der Waals surface area contributed by atoms with Crippen molar-refractivity contribution in [1.29, 1.82) is 0 Å². The Labute approximate surface area is 151 Å². The Morgan fingerprint density at radius 2 is 2.31 bits per heavy atom. The molecule has 2 amide bonds. The molecule has 0 radical (unpaired) electrons. The lowest BCUT2D eigenvalue weighted by atomic mass is 9.89. The SMILES string of the molecule is COc1ccc2c(c1)[C@@H](C(=O)NCC1(Cn3cccn3)CC1)CC(=O)N2. The van der Waals surface area contributed by atoms with Crippen molar-refractivity contribution in [1.82, 2.24) is 15.1 Å². The maximum Gasteiger partial charge on any atom is 0.228 e. The Morgan fingerprint density at radius 1 is 1.46 bits per heavy atom. The average Bonchev–Trinajstić information content (AvgIpc) is 3.21. The first-order chi connectivity index (χ1) is 12.6. The Hall–Kier alpha value is -2.83. The number of carbonyl (C=O) groups is 2. The minimum Gasteiger partial charge on any atom is -0.497 e. The number of anilines is 1. The normalized spacial score (nSPS) is 20.0. The summed E-state index contributed by atoms with van der Waals surface area (Å²) in [6, 6.07) is 7.30. The summed E-state index contributed by atoms with van der Waals surface area (Å²) < 4.78 is 7.17. The van der Waals surface area contributed by atoms with Crippen molar-refractivity contribution in [3.8, 4) is 5.75 Å². The quantitative estimate of drug-likeness (QED) is 0.830. The first kappa shape index (κ1) is 16.6. The van der Waals surface area contributed by atoms with Gasteiger partial charge in [0.1, 0.15) is 5.75 Å². The van der Waals surface area contributed by atoms with Crippen molar-refractivity contribution >= 4 is 17.5 Å². The zero-order valence-electron chi connectivity index (χ0n) is 14.7. The molecule has 1 aliphatic carbocycles. The zero-order chi connectivity index (χ0) is 18.1. The molecule has 1 aromatic carbocycles.